The van der Waals surface area contributed by atoms with Crippen molar-refractivity contribution in [1.29, 1.82) is 0 Å². The zero-order valence-electron chi connectivity index (χ0n) is 31.1. The topological polar surface area (TPSA) is 145 Å². The number of hydrogen-bond acceptors (Lipinski definition) is 9. The van der Waals surface area contributed by atoms with Crippen molar-refractivity contribution in [3.05, 3.63) is 138 Å². The summed E-state index contributed by atoms with van der Waals surface area (Å²) < 4.78 is 18.5. The van der Waals surface area contributed by atoms with Crippen LogP contribution in [0.1, 0.15) is 57.5 Å². The van der Waals surface area contributed by atoms with Crippen molar-refractivity contribution in [3.8, 4) is 50.7 Å². The Bertz CT molecular complexity index is 2640. The monoisotopic (exact) mass is 882 g/mol. The zero-order chi connectivity index (χ0) is 39.8. The van der Waals surface area contributed by atoms with Crippen LogP contribution in [0, 0.1) is 0 Å². The lowest BCUT2D eigenvalue weighted by Gasteiger charge is -2.27. The van der Waals surface area contributed by atoms with Gasteiger partial charge in [-0.15, -0.1) is 0 Å². The van der Waals surface area contributed by atoms with Gasteiger partial charge < -0.3 is 9.47 Å². The number of nitrogens with one attached hydrogen (secondary N) is 1. The molecule has 0 spiro atoms. The second-order valence-electron chi connectivity index (χ2n) is 14.2. The summed E-state index contributed by atoms with van der Waals surface area (Å²) in [5.74, 6) is -0.834. The number of hydrogen-bond donors (Lipinski definition) is 1. The maximum atomic E-state index is 13.6. The molecule has 13 heteroatoms. The van der Waals surface area contributed by atoms with E-state index in [1.165, 1.54) is 11.1 Å². The van der Waals surface area contributed by atoms with Crippen molar-refractivity contribution in [1.82, 2.24) is 25.0 Å². The Morgan fingerprint density at radius 2 is 1.48 bits per heavy atom. The molecule has 6 aromatic rings. The maximum Gasteiger partial charge on any atom is 0.262 e. The van der Waals surface area contributed by atoms with Crippen LogP contribution in [-0.4, -0.2) is 68.3 Å². The number of piperidine rings is 1. The molecule has 58 heavy (non-hydrogen) atoms. The van der Waals surface area contributed by atoms with E-state index in [1.807, 2.05) is 65.3 Å². The number of carbonyl (C=O) groups excluding carboxylic acids is 4. The summed E-state index contributed by atoms with van der Waals surface area (Å²) in [7, 11) is 0. The molecular formula is C45H35IN6O6. The van der Waals surface area contributed by atoms with Gasteiger partial charge in [0.05, 0.1) is 58.6 Å². The molecule has 0 saturated carbocycles. The molecule has 4 heterocycles. The first-order valence-electron chi connectivity index (χ1n) is 19.0. The molecule has 12 nitrogen and oxygen atoms in total. The van der Waals surface area contributed by atoms with E-state index in [9.17, 15) is 19.2 Å². The number of benzene rings is 4. The summed E-state index contributed by atoms with van der Waals surface area (Å²) in [4.78, 5) is 56.4. The molecule has 1 saturated heterocycles. The van der Waals surface area contributed by atoms with Crippen LogP contribution in [0.25, 0.3) is 39.2 Å². The van der Waals surface area contributed by atoms with Crippen LogP contribution in [0.4, 0.5) is 0 Å². The minimum absolute atomic E-state index is 0.0582. The van der Waals surface area contributed by atoms with Gasteiger partial charge >= 0.3 is 0 Å². The van der Waals surface area contributed by atoms with Crippen LogP contribution in [0.2, 0.25) is 0 Å². The minimum Gasteiger partial charge on any atom is -0.493 e. The summed E-state index contributed by atoms with van der Waals surface area (Å²) in [5.41, 5.74) is 10.3. The smallest absolute Gasteiger partial charge is 0.262 e. The highest BCUT2D eigenvalue weighted by Gasteiger charge is 2.45. The lowest BCUT2D eigenvalue weighted by atomic mass is 9.96. The first-order valence-corrected chi connectivity index (χ1v) is 20.0. The summed E-state index contributed by atoms with van der Waals surface area (Å²) in [5, 5.41) is 7.26. The fraction of sp³-hybridized carbons (Fsp3) is 0.178. The molecular weight excluding hydrogens is 847 g/mol. The van der Waals surface area contributed by atoms with Gasteiger partial charge in [-0.05, 0) is 102 Å². The molecule has 2 aromatic heterocycles. The Balaban J connectivity index is 0.835. The van der Waals surface area contributed by atoms with Gasteiger partial charge in [0, 0.05) is 42.6 Å². The second kappa shape index (κ2) is 15.8. The number of fused-ring (bicyclic) bond motifs is 2. The van der Waals surface area contributed by atoms with Gasteiger partial charge in [0.1, 0.15) is 23.2 Å². The highest BCUT2D eigenvalue weighted by molar-refractivity contribution is 14.1. The van der Waals surface area contributed by atoms with Crippen molar-refractivity contribution in [2.45, 2.75) is 38.1 Å². The molecule has 1 unspecified atom stereocenters. The number of halogens is 1. The number of amides is 4. The average Bonchev–Trinajstić information content (AvgIpc) is 3.95. The molecule has 1 N–H and O–H groups in total. The highest BCUT2D eigenvalue weighted by atomic mass is 127. The van der Waals surface area contributed by atoms with Crippen molar-refractivity contribution in [2.24, 2.45) is 3.21 Å². The first kappa shape index (κ1) is 37.1. The fourth-order valence-electron chi connectivity index (χ4n) is 7.81. The molecule has 1 fully saturated rings. The number of imide groups is 2. The Morgan fingerprint density at radius 1 is 0.724 bits per heavy atom. The minimum atomic E-state index is -1.03. The fourth-order valence-corrected chi connectivity index (χ4v) is 8.31. The molecule has 0 radical (unpaired) electrons. The van der Waals surface area contributed by atoms with E-state index in [2.05, 4.69) is 60.8 Å². The molecule has 1 aliphatic carbocycles. The van der Waals surface area contributed by atoms with E-state index in [-0.39, 0.29) is 24.0 Å². The van der Waals surface area contributed by atoms with Gasteiger partial charge in [-0.25, -0.2) is 7.89 Å². The molecule has 4 amide bonds. The normalized spacial score (nSPS) is 16.7. The Morgan fingerprint density at radius 3 is 2.28 bits per heavy atom. The molecule has 288 valence electrons. The van der Waals surface area contributed by atoms with Crippen LogP contribution in [0.3, 0.4) is 0 Å². The van der Waals surface area contributed by atoms with E-state index in [4.69, 9.17) is 14.6 Å². The third-order valence-corrected chi connectivity index (χ3v) is 11.3. The predicted molar refractivity (Wildman–Crippen MR) is 225 cm³/mol. The third-order valence-electron chi connectivity index (χ3n) is 10.7. The van der Waals surface area contributed by atoms with Crippen LogP contribution in [0.15, 0.2) is 119 Å². The summed E-state index contributed by atoms with van der Waals surface area (Å²) >= 11 is 2.08. The Kier molecular flexibility index (Phi) is 10.1. The van der Waals surface area contributed by atoms with E-state index < -0.39 is 29.7 Å². The van der Waals surface area contributed by atoms with Gasteiger partial charge in [0.15, 0.2) is 0 Å². The van der Waals surface area contributed by atoms with Crippen molar-refractivity contribution < 1.29 is 28.7 Å². The molecule has 1 atom stereocenters. The number of rotatable bonds is 11. The van der Waals surface area contributed by atoms with E-state index in [1.54, 1.807) is 30.6 Å². The number of aryl methyl sites for hydroxylation is 1. The van der Waals surface area contributed by atoms with Crippen molar-refractivity contribution >= 4 is 52.2 Å². The van der Waals surface area contributed by atoms with Gasteiger partial charge in [-0.2, -0.15) is 5.10 Å². The largest absolute Gasteiger partial charge is 0.493 e. The van der Waals surface area contributed by atoms with E-state index >= 15 is 0 Å². The molecule has 4 aromatic carbocycles. The molecule has 2 aliphatic heterocycles. The highest BCUT2D eigenvalue weighted by Crippen LogP contribution is 2.37. The quantitative estimate of drug-likeness (QED) is 0.0796. The number of carbonyl (C=O) groups is 4. The number of pyridine rings is 1. The summed E-state index contributed by atoms with van der Waals surface area (Å²) in [6.07, 6.45) is 8.33. The Labute approximate surface area is 347 Å². The Hall–Kier alpha value is -6.48. The average molecular weight is 883 g/mol. The van der Waals surface area contributed by atoms with Gasteiger partial charge in [0.25, 0.3) is 11.8 Å². The third kappa shape index (κ3) is 7.06. The summed E-state index contributed by atoms with van der Waals surface area (Å²) in [6.45, 7) is 0.816. The standard InChI is InChI=1S/C45H35IN6O6/c46-49-38-15-9-29-24-30(8-14-34(29)38)37-26-51(50-42(37)27-18-20-47-21-19-27)31-10-12-32(13-11-31)57-22-3-23-58-33-5-1-4-28(25-33)35-6-2-7-36-41(35)45(56)52(44(36)55)39-16-17-40(53)48-43(39)54/h1-2,4-8,10-14,18-21,24-26,39H,3,9,15-17,22-23H2,(H,48,53,54)/b49-38+. The van der Waals surface area contributed by atoms with Gasteiger partial charge in [-0.1, -0.05) is 42.5 Å². The molecule has 0 bridgehead atoms. The second-order valence-corrected chi connectivity index (χ2v) is 14.7. The zero-order valence-corrected chi connectivity index (χ0v) is 33.2. The van der Waals surface area contributed by atoms with Gasteiger partial charge in [-0.3, -0.25) is 34.4 Å². The van der Waals surface area contributed by atoms with E-state index in [0.29, 0.717) is 36.5 Å². The van der Waals surface area contributed by atoms with Crippen LogP contribution >= 0.6 is 22.9 Å². The first-order chi connectivity index (χ1) is 28.4. The maximum absolute atomic E-state index is 13.6. The van der Waals surface area contributed by atoms with Crippen LogP contribution < -0.4 is 14.8 Å². The van der Waals surface area contributed by atoms with Crippen molar-refractivity contribution in [2.75, 3.05) is 13.2 Å². The van der Waals surface area contributed by atoms with Crippen LogP contribution in [0.5, 0.6) is 11.5 Å². The SMILES string of the molecule is O=C1CCC(N2C(=O)c3cccc(-c4cccc(OCCCOc5ccc(-n6cc(-c7ccc8c(c7)CC/C8=N\I)c(-c7ccncc7)n6)cc5)c4)c3C2=O)C(=O)N1. The van der Waals surface area contributed by atoms with Crippen molar-refractivity contribution in [3.63, 3.8) is 0 Å². The lowest BCUT2D eigenvalue weighted by molar-refractivity contribution is -0.136. The van der Waals surface area contributed by atoms with E-state index in [0.717, 1.165) is 57.3 Å². The molecule has 3 aliphatic rings. The predicted octanol–water partition coefficient (Wildman–Crippen LogP) is 7.60. The number of ether oxygens (including phenoxy) is 2. The number of aromatic nitrogens is 3. The van der Waals surface area contributed by atoms with Gasteiger partial charge in [0.2, 0.25) is 11.8 Å². The summed E-state index contributed by atoms with van der Waals surface area (Å²) in [6, 6.07) is 29.7. The lowest BCUT2D eigenvalue weighted by Crippen LogP contribution is -2.54. The number of nitrogens with zero attached hydrogens (tertiary/aromatic N) is 5. The van der Waals surface area contributed by atoms with Crippen LogP contribution in [-0.2, 0) is 16.0 Å². The molecule has 9 rings (SSSR count).